The lowest BCUT2D eigenvalue weighted by Gasteiger charge is -2.30. The second kappa shape index (κ2) is 30.9. The van der Waals surface area contributed by atoms with Crippen LogP contribution in [-0.2, 0) is 38.4 Å². The zero-order valence-corrected chi connectivity index (χ0v) is 39.5. The van der Waals surface area contributed by atoms with Gasteiger partial charge in [-0.25, -0.2) is 4.79 Å². The molecule has 1 fully saturated rings. The second-order valence-electron chi connectivity index (χ2n) is 16.2. The molecule has 0 spiro atoms. The standard InChI is InChI=1S/C39H73N17O10S/c1-20(2)28(34(63)52-23(9-5-14-47-37(41)42)31(60)53-25(36(65)66)11-7-16-49-39(45)46)55-32(61)24(10-6-15-48-38(43)44)51-33(62)27-12-8-17-56(27)35(64)26(19-57)54-29(58)21(3)50-30(59)22(40)13-18-67-4/h20-28,57H,5-19,40H2,1-4H3,(H,50,59)(H,51,62)(H,52,63)(H,53,60)(H,54,58)(H,55,61)(H,65,66)(H4,41,42,47)(H4,43,44,48)(H4,45,46,49)/t21-,22-,23-,24-,25-,26-,27-,28-/m0/s1. The second-order valence-corrected chi connectivity index (χ2v) is 17.1. The fourth-order valence-electron chi connectivity index (χ4n) is 6.64. The van der Waals surface area contributed by atoms with Crippen molar-refractivity contribution in [3.05, 3.63) is 0 Å². The molecule has 22 N–H and O–H groups in total. The Morgan fingerprint density at radius 3 is 1.60 bits per heavy atom. The molecule has 1 saturated heterocycles. The Hall–Kier alpha value is -6.16. The lowest BCUT2D eigenvalue weighted by atomic mass is 10.0. The predicted octanol–water partition coefficient (Wildman–Crippen LogP) is -6.12. The van der Waals surface area contributed by atoms with Gasteiger partial charge in [0.2, 0.25) is 41.4 Å². The number of guanidine groups is 3. The molecule has 0 bridgehead atoms. The topological polar surface area (TPSA) is 472 Å². The Kier molecular flexibility index (Phi) is 27.2. The Balaban J connectivity index is 3.30. The normalized spacial score (nSPS) is 16.3. The van der Waals surface area contributed by atoms with Crippen LogP contribution >= 0.6 is 11.8 Å². The van der Waals surface area contributed by atoms with E-state index in [1.807, 2.05) is 6.26 Å². The molecule has 0 unspecified atom stereocenters. The summed E-state index contributed by atoms with van der Waals surface area (Å²) in [5.74, 6) is -7.27. The van der Waals surface area contributed by atoms with Crippen molar-refractivity contribution in [3.8, 4) is 0 Å². The van der Waals surface area contributed by atoms with E-state index in [1.165, 1.54) is 23.6 Å². The molecule has 1 aliphatic heterocycles. The smallest absolute Gasteiger partial charge is 0.326 e. The molecule has 1 aliphatic rings. The Morgan fingerprint density at radius 1 is 0.642 bits per heavy atom. The van der Waals surface area contributed by atoms with Gasteiger partial charge < -0.3 is 87.1 Å². The van der Waals surface area contributed by atoms with E-state index in [1.54, 1.807) is 13.8 Å². The molecule has 8 atom stereocenters. The molecular formula is C39H73N17O10S. The highest BCUT2D eigenvalue weighted by Gasteiger charge is 2.40. The molecule has 0 aromatic heterocycles. The van der Waals surface area contributed by atoms with Gasteiger partial charge >= 0.3 is 5.97 Å². The number of amides is 7. The fraction of sp³-hybridized carbons (Fsp3) is 0.718. The first kappa shape index (κ1) is 58.9. The SMILES string of the molecule is CSCC[C@H](N)C(=O)N[C@@H](C)C(=O)N[C@@H](CO)C(=O)N1CCC[C@H]1C(=O)N[C@@H](CCCN=C(N)N)C(=O)N[C@H](C(=O)N[C@@H](CCCN=C(N)N)C(=O)N[C@@H](CCCN=C(N)N)C(=O)O)C(C)C. The van der Waals surface area contributed by atoms with Gasteiger partial charge in [-0.3, -0.25) is 48.5 Å². The van der Waals surface area contributed by atoms with Crippen LogP contribution in [0.25, 0.3) is 0 Å². The fourth-order valence-corrected chi connectivity index (χ4v) is 7.13. The number of thioether (sulfide) groups is 1. The molecule has 0 radical (unpaired) electrons. The van der Waals surface area contributed by atoms with E-state index in [-0.39, 0.29) is 89.0 Å². The van der Waals surface area contributed by atoms with Crippen LogP contribution in [0.2, 0.25) is 0 Å². The van der Waals surface area contributed by atoms with E-state index in [9.17, 15) is 48.6 Å². The first-order chi connectivity index (χ1) is 31.5. The first-order valence-corrected chi connectivity index (χ1v) is 23.3. The molecule has 28 heteroatoms. The summed E-state index contributed by atoms with van der Waals surface area (Å²) in [4.78, 5) is 120. The van der Waals surface area contributed by atoms with Gasteiger partial charge in [-0.2, -0.15) is 11.8 Å². The summed E-state index contributed by atoms with van der Waals surface area (Å²) < 4.78 is 0. The Labute approximate surface area is 394 Å². The molecule has 27 nitrogen and oxygen atoms in total. The van der Waals surface area contributed by atoms with Crippen LogP contribution in [0.3, 0.4) is 0 Å². The van der Waals surface area contributed by atoms with Crippen LogP contribution in [0.15, 0.2) is 15.0 Å². The number of carbonyl (C=O) groups is 8. The predicted molar refractivity (Wildman–Crippen MR) is 252 cm³/mol. The number of carbonyl (C=O) groups excluding carboxylic acids is 7. The number of aliphatic hydroxyl groups is 1. The molecular weight excluding hydrogens is 899 g/mol. The van der Waals surface area contributed by atoms with E-state index >= 15 is 0 Å². The van der Waals surface area contributed by atoms with E-state index < -0.39 is 108 Å². The van der Waals surface area contributed by atoms with Crippen molar-refractivity contribution < 1.29 is 48.6 Å². The van der Waals surface area contributed by atoms with Gasteiger partial charge in [0.1, 0.15) is 42.3 Å². The van der Waals surface area contributed by atoms with Crippen molar-refractivity contribution >= 4 is 77.0 Å². The number of hydrogen-bond donors (Lipinski definition) is 15. The summed E-state index contributed by atoms with van der Waals surface area (Å²) >= 11 is 1.50. The van der Waals surface area contributed by atoms with Gasteiger partial charge in [0.15, 0.2) is 17.9 Å². The lowest BCUT2D eigenvalue weighted by molar-refractivity contribution is -0.143. The number of likely N-dealkylation sites (tertiary alicyclic amines) is 1. The average Bonchev–Trinajstić information content (AvgIpc) is 3.76. The lowest BCUT2D eigenvalue weighted by Crippen LogP contribution is -2.60. The minimum absolute atomic E-state index is 0.0445. The summed E-state index contributed by atoms with van der Waals surface area (Å²) in [6.45, 7) is 4.10. The van der Waals surface area contributed by atoms with Crippen molar-refractivity contribution in [2.75, 3.05) is 44.8 Å². The quantitative estimate of drug-likeness (QED) is 0.0175. The number of aliphatic carboxylic acids is 1. The molecule has 380 valence electrons. The summed E-state index contributed by atoms with van der Waals surface area (Å²) in [7, 11) is 0. The molecule has 0 saturated carbocycles. The number of carboxylic acids is 1. The van der Waals surface area contributed by atoms with Gasteiger partial charge in [0.25, 0.3) is 0 Å². The van der Waals surface area contributed by atoms with Crippen LogP contribution in [0.1, 0.15) is 78.6 Å². The maximum absolute atomic E-state index is 14.0. The van der Waals surface area contributed by atoms with Gasteiger partial charge in [-0.15, -0.1) is 0 Å². The molecule has 67 heavy (non-hydrogen) atoms. The summed E-state index contributed by atoms with van der Waals surface area (Å²) in [5, 5.41) is 35.2. The first-order valence-electron chi connectivity index (χ1n) is 21.9. The number of rotatable bonds is 31. The van der Waals surface area contributed by atoms with E-state index in [0.29, 0.717) is 18.6 Å². The van der Waals surface area contributed by atoms with E-state index in [4.69, 9.17) is 40.1 Å². The molecule has 0 aromatic rings. The molecule has 0 aromatic carbocycles. The number of aliphatic imine (C=N–C) groups is 3. The molecule has 0 aliphatic carbocycles. The summed E-state index contributed by atoms with van der Waals surface area (Å²) in [5.41, 5.74) is 38.4. The van der Waals surface area contributed by atoms with Crippen molar-refractivity contribution in [1.82, 2.24) is 36.8 Å². The van der Waals surface area contributed by atoms with Crippen LogP contribution in [0, 0.1) is 5.92 Å². The zero-order chi connectivity index (χ0) is 50.8. The molecule has 1 heterocycles. The number of aliphatic hydroxyl groups excluding tert-OH is 1. The zero-order valence-electron chi connectivity index (χ0n) is 38.7. The number of hydrogen-bond acceptors (Lipinski definition) is 14. The van der Waals surface area contributed by atoms with Crippen LogP contribution in [0.4, 0.5) is 0 Å². The minimum atomic E-state index is -1.49. The van der Waals surface area contributed by atoms with E-state index in [2.05, 4.69) is 46.9 Å². The highest BCUT2D eigenvalue weighted by Crippen LogP contribution is 2.20. The summed E-state index contributed by atoms with van der Waals surface area (Å²) in [6.07, 6.45) is 3.17. The van der Waals surface area contributed by atoms with Gasteiger partial charge in [0.05, 0.1) is 12.6 Å². The van der Waals surface area contributed by atoms with Crippen molar-refractivity contribution in [1.29, 1.82) is 0 Å². The van der Waals surface area contributed by atoms with Crippen molar-refractivity contribution in [2.24, 2.45) is 61.0 Å². The Bertz CT molecular complexity index is 1760. The number of nitrogens with zero attached hydrogens (tertiary/aromatic N) is 4. The number of nitrogens with two attached hydrogens (primary N) is 7. The monoisotopic (exact) mass is 972 g/mol. The van der Waals surface area contributed by atoms with Gasteiger partial charge in [-0.1, -0.05) is 13.8 Å². The van der Waals surface area contributed by atoms with Gasteiger partial charge in [-0.05, 0) is 82.6 Å². The number of nitrogens with one attached hydrogen (secondary N) is 6. The average molecular weight is 972 g/mol. The van der Waals surface area contributed by atoms with Gasteiger partial charge in [0, 0.05) is 26.2 Å². The third-order valence-corrected chi connectivity index (χ3v) is 11.0. The minimum Gasteiger partial charge on any atom is -0.480 e. The molecule has 1 rings (SSSR count). The highest BCUT2D eigenvalue weighted by molar-refractivity contribution is 7.98. The molecule has 7 amide bonds. The van der Waals surface area contributed by atoms with Crippen LogP contribution in [0.5, 0.6) is 0 Å². The Morgan fingerprint density at radius 2 is 1.12 bits per heavy atom. The van der Waals surface area contributed by atoms with Crippen molar-refractivity contribution in [2.45, 2.75) is 127 Å². The van der Waals surface area contributed by atoms with Crippen LogP contribution < -0.4 is 72.0 Å². The largest absolute Gasteiger partial charge is 0.480 e. The maximum Gasteiger partial charge on any atom is 0.326 e. The van der Waals surface area contributed by atoms with E-state index in [0.717, 1.165) is 0 Å². The van der Waals surface area contributed by atoms with Crippen LogP contribution in [-0.4, -0.2) is 173 Å². The third kappa shape index (κ3) is 22.3. The van der Waals surface area contributed by atoms with Crippen molar-refractivity contribution in [3.63, 3.8) is 0 Å². The highest BCUT2D eigenvalue weighted by atomic mass is 32.2. The number of carboxylic acid groups (broad SMARTS) is 1. The third-order valence-electron chi connectivity index (χ3n) is 10.3. The maximum atomic E-state index is 14.0. The summed E-state index contributed by atoms with van der Waals surface area (Å²) in [6, 6.07) is -9.92.